The van der Waals surface area contributed by atoms with Crippen LogP contribution in [-0.4, -0.2) is 24.1 Å². The van der Waals surface area contributed by atoms with E-state index in [2.05, 4.69) is 24.0 Å². The van der Waals surface area contributed by atoms with Crippen molar-refractivity contribution >= 4 is 5.82 Å². The smallest absolute Gasteiger partial charge is 0.128 e. The van der Waals surface area contributed by atoms with Gasteiger partial charge in [0.1, 0.15) is 5.82 Å². The Hall–Kier alpha value is -1.09. The van der Waals surface area contributed by atoms with E-state index in [4.69, 9.17) is 10.7 Å². The van der Waals surface area contributed by atoms with Crippen LogP contribution in [0.4, 0.5) is 5.82 Å². The quantitative estimate of drug-likeness (QED) is 0.843. The van der Waals surface area contributed by atoms with Crippen LogP contribution in [0.3, 0.4) is 0 Å². The third kappa shape index (κ3) is 2.04. The summed E-state index contributed by atoms with van der Waals surface area (Å²) in [5.41, 5.74) is 8.76. The Balaban J connectivity index is 1.77. The van der Waals surface area contributed by atoms with Crippen LogP contribution in [0.15, 0.2) is 12.1 Å². The number of nitrogens with two attached hydrogens (primary N) is 1. The molecule has 3 nitrogen and oxygen atoms in total. The summed E-state index contributed by atoms with van der Waals surface area (Å²) in [6.45, 7) is 4.30. The number of nitrogens with zero attached hydrogens (tertiary/aromatic N) is 2. The summed E-state index contributed by atoms with van der Waals surface area (Å²) in [5, 5.41) is 0. The molecular formula is C14H21N3. The predicted molar refractivity (Wildman–Crippen MR) is 70.2 cm³/mol. The van der Waals surface area contributed by atoms with Gasteiger partial charge in [0.25, 0.3) is 0 Å². The zero-order chi connectivity index (χ0) is 11.8. The van der Waals surface area contributed by atoms with Gasteiger partial charge in [-0.1, -0.05) is 6.07 Å². The maximum atomic E-state index is 5.98. The topological polar surface area (TPSA) is 42.1 Å². The normalized spacial score (nSPS) is 25.1. The van der Waals surface area contributed by atoms with E-state index < -0.39 is 0 Å². The van der Waals surface area contributed by atoms with Gasteiger partial charge in [-0.2, -0.15) is 0 Å². The second-order valence-corrected chi connectivity index (χ2v) is 5.48. The summed E-state index contributed by atoms with van der Waals surface area (Å²) >= 11 is 0. The molecule has 1 aromatic rings. The SMILES string of the molecule is CC(N)C1CCN(c2ccc3c(n2)CCC3)C1. The van der Waals surface area contributed by atoms with Crippen LogP contribution in [0, 0.1) is 5.92 Å². The molecule has 0 aromatic carbocycles. The second-order valence-electron chi connectivity index (χ2n) is 5.48. The number of hydrogen-bond donors (Lipinski definition) is 1. The molecule has 0 bridgehead atoms. The van der Waals surface area contributed by atoms with Gasteiger partial charge in [-0.25, -0.2) is 4.98 Å². The van der Waals surface area contributed by atoms with E-state index in [1.54, 1.807) is 0 Å². The molecule has 1 aliphatic carbocycles. The molecule has 92 valence electrons. The number of anilines is 1. The van der Waals surface area contributed by atoms with Crippen molar-refractivity contribution in [2.45, 2.75) is 38.6 Å². The molecule has 1 aliphatic heterocycles. The lowest BCUT2D eigenvalue weighted by Gasteiger charge is -2.19. The standard InChI is InChI=1S/C14H21N3/c1-10(15)12-7-8-17(9-12)14-6-5-11-3-2-4-13(11)16-14/h5-6,10,12H,2-4,7-9,15H2,1H3. The van der Waals surface area contributed by atoms with Crippen molar-refractivity contribution in [2.24, 2.45) is 11.7 Å². The van der Waals surface area contributed by atoms with Crippen molar-refractivity contribution in [1.82, 2.24) is 4.98 Å². The molecule has 3 heteroatoms. The molecule has 1 fully saturated rings. The minimum absolute atomic E-state index is 0.300. The third-order valence-electron chi connectivity index (χ3n) is 4.21. The van der Waals surface area contributed by atoms with Crippen LogP contribution in [0.5, 0.6) is 0 Å². The van der Waals surface area contributed by atoms with Crippen LogP contribution in [0.25, 0.3) is 0 Å². The van der Waals surface area contributed by atoms with Crippen molar-refractivity contribution in [3.63, 3.8) is 0 Å². The molecule has 2 heterocycles. The van der Waals surface area contributed by atoms with Gasteiger partial charge in [-0.15, -0.1) is 0 Å². The summed E-state index contributed by atoms with van der Waals surface area (Å²) in [6, 6.07) is 4.76. The maximum absolute atomic E-state index is 5.98. The van der Waals surface area contributed by atoms with Crippen molar-refractivity contribution < 1.29 is 0 Å². The Morgan fingerprint density at radius 1 is 1.41 bits per heavy atom. The van der Waals surface area contributed by atoms with E-state index in [0.29, 0.717) is 12.0 Å². The number of aryl methyl sites for hydroxylation is 2. The average Bonchev–Trinajstić information content (AvgIpc) is 2.97. The number of pyridine rings is 1. The number of aromatic nitrogens is 1. The van der Waals surface area contributed by atoms with Crippen LogP contribution in [0.1, 0.15) is 31.0 Å². The molecule has 17 heavy (non-hydrogen) atoms. The highest BCUT2D eigenvalue weighted by molar-refractivity contribution is 5.44. The molecule has 0 saturated carbocycles. The van der Waals surface area contributed by atoms with Gasteiger partial charge in [0.05, 0.1) is 0 Å². The van der Waals surface area contributed by atoms with Crippen molar-refractivity contribution in [3.8, 4) is 0 Å². The van der Waals surface area contributed by atoms with Crippen molar-refractivity contribution in [3.05, 3.63) is 23.4 Å². The molecule has 3 rings (SSSR count). The highest BCUT2D eigenvalue weighted by Gasteiger charge is 2.26. The lowest BCUT2D eigenvalue weighted by Crippen LogP contribution is -2.30. The van der Waals surface area contributed by atoms with Crippen molar-refractivity contribution in [1.29, 1.82) is 0 Å². The van der Waals surface area contributed by atoms with Gasteiger partial charge in [-0.05, 0) is 50.2 Å². The zero-order valence-electron chi connectivity index (χ0n) is 10.5. The van der Waals surface area contributed by atoms with Crippen molar-refractivity contribution in [2.75, 3.05) is 18.0 Å². The van der Waals surface area contributed by atoms with E-state index >= 15 is 0 Å². The third-order valence-corrected chi connectivity index (χ3v) is 4.21. The first-order valence-electron chi connectivity index (χ1n) is 6.73. The van der Waals surface area contributed by atoms with Gasteiger partial charge < -0.3 is 10.6 Å². The van der Waals surface area contributed by atoms with E-state index in [0.717, 1.165) is 25.3 Å². The zero-order valence-corrected chi connectivity index (χ0v) is 10.5. The Morgan fingerprint density at radius 2 is 2.29 bits per heavy atom. The molecule has 2 N–H and O–H groups in total. The van der Waals surface area contributed by atoms with E-state index in [1.807, 2.05) is 0 Å². The first-order valence-corrected chi connectivity index (χ1v) is 6.73. The number of rotatable bonds is 2. The van der Waals surface area contributed by atoms with Crippen LogP contribution >= 0.6 is 0 Å². The Kier molecular flexibility index (Phi) is 2.79. The first-order chi connectivity index (χ1) is 8.24. The fraction of sp³-hybridized carbons (Fsp3) is 0.643. The summed E-state index contributed by atoms with van der Waals surface area (Å²) in [7, 11) is 0. The van der Waals surface area contributed by atoms with E-state index in [1.165, 1.54) is 30.5 Å². The monoisotopic (exact) mass is 231 g/mol. The minimum atomic E-state index is 0.300. The largest absolute Gasteiger partial charge is 0.356 e. The van der Waals surface area contributed by atoms with Gasteiger partial charge in [-0.3, -0.25) is 0 Å². The fourth-order valence-electron chi connectivity index (χ4n) is 3.01. The average molecular weight is 231 g/mol. The lowest BCUT2D eigenvalue weighted by molar-refractivity contribution is 0.488. The van der Waals surface area contributed by atoms with Gasteiger partial charge >= 0.3 is 0 Å². The van der Waals surface area contributed by atoms with Crippen LogP contribution in [0.2, 0.25) is 0 Å². The van der Waals surface area contributed by atoms with Gasteiger partial charge in [0.2, 0.25) is 0 Å². The van der Waals surface area contributed by atoms with E-state index in [-0.39, 0.29) is 0 Å². The highest BCUT2D eigenvalue weighted by Crippen LogP contribution is 2.27. The number of fused-ring (bicyclic) bond motifs is 1. The van der Waals surface area contributed by atoms with Gasteiger partial charge in [0.15, 0.2) is 0 Å². The Bertz CT molecular complexity index is 414. The molecular weight excluding hydrogens is 210 g/mol. The van der Waals surface area contributed by atoms with Crippen LogP contribution in [-0.2, 0) is 12.8 Å². The minimum Gasteiger partial charge on any atom is -0.356 e. The summed E-state index contributed by atoms with van der Waals surface area (Å²) in [4.78, 5) is 7.21. The first kappa shape index (κ1) is 11.0. The fourth-order valence-corrected chi connectivity index (χ4v) is 3.01. The van der Waals surface area contributed by atoms with Gasteiger partial charge in [0, 0.05) is 24.8 Å². The molecule has 0 amide bonds. The second kappa shape index (κ2) is 4.30. The maximum Gasteiger partial charge on any atom is 0.128 e. The lowest BCUT2D eigenvalue weighted by atomic mass is 10.0. The molecule has 2 atom stereocenters. The molecule has 1 saturated heterocycles. The molecule has 0 radical (unpaired) electrons. The molecule has 2 aliphatic rings. The van der Waals surface area contributed by atoms with Crippen LogP contribution < -0.4 is 10.6 Å². The molecule has 0 spiro atoms. The Labute approximate surface area is 103 Å². The summed E-state index contributed by atoms with van der Waals surface area (Å²) in [5.74, 6) is 1.79. The summed E-state index contributed by atoms with van der Waals surface area (Å²) in [6.07, 6.45) is 4.85. The number of hydrogen-bond acceptors (Lipinski definition) is 3. The molecule has 2 unspecified atom stereocenters. The van der Waals surface area contributed by atoms with E-state index in [9.17, 15) is 0 Å². The summed E-state index contributed by atoms with van der Waals surface area (Å²) < 4.78 is 0. The predicted octanol–water partition coefficient (Wildman–Crippen LogP) is 1.74. The highest BCUT2D eigenvalue weighted by atomic mass is 15.2. The Morgan fingerprint density at radius 3 is 3.06 bits per heavy atom. The molecule has 1 aromatic heterocycles.